The average Bonchev–Trinajstić information content (AvgIpc) is 2.80. The Hall–Kier alpha value is -3.05. The van der Waals surface area contributed by atoms with Gasteiger partial charge in [0, 0.05) is 19.6 Å². The molecule has 1 aliphatic heterocycles. The van der Waals surface area contributed by atoms with Crippen molar-refractivity contribution in [3.05, 3.63) is 65.7 Å². The second-order valence-corrected chi connectivity index (χ2v) is 9.92. The average molecular weight is 496 g/mol. The van der Waals surface area contributed by atoms with Gasteiger partial charge in [-0.2, -0.15) is 8.78 Å². The zero-order valence-corrected chi connectivity index (χ0v) is 19.5. The summed E-state index contributed by atoms with van der Waals surface area (Å²) in [6.45, 7) is 1.16. The standard InChI is InChI=1S/C23H27F2N3O5S/c1-32-23(29)19-14-27(15-19)11-12-34(30,31)28(20-5-3-2-4-6-20)13-17-7-9-18(10-8-17)16-33-22(26)21(24)25/h2-10,19,21,26H,11-16H2,1H3. The Kier molecular flexibility index (Phi) is 8.56. The van der Waals surface area contributed by atoms with Crippen molar-refractivity contribution in [3.63, 3.8) is 0 Å². The van der Waals surface area contributed by atoms with Crippen molar-refractivity contribution in [2.75, 3.05) is 36.8 Å². The molecule has 34 heavy (non-hydrogen) atoms. The number of anilines is 1. The number of carbonyl (C=O) groups is 1. The van der Waals surface area contributed by atoms with E-state index in [4.69, 9.17) is 14.9 Å². The lowest BCUT2D eigenvalue weighted by Crippen LogP contribution is -2.52. The van der Waals surface area contributed by atoms with Crippen LogP contribution in [0.4, 0.5) is 14.5 Å². The summed E-state index contributed by atoms with van der Waals surface area (Å²) in [4.78, 5) is 13.4. The first-order valence-corrected chi connectivity index (χ1v) is 12.2. The Morgan fingerprint density at radius 1 is 1.12 bits per heavy atom. The zero-order valence-electron chi connectivity index (χ0n) is 18.7. The highest BCUT2D eigenvalue weighted by atomic mass is 32.2. The summed E-state index contributed by atoms with van der Waals surface area (Å²) in [6, 6.07) is 15.4. The van der Waals surface area contributed by atoms with Crippen LogP contribution in [0.1, 0.15) is 11.1 Å². The van der Waals surface area contributed by atoms with Crippen molar-refractivity contribution in [1.29, 1.82) is 5.41 Å². The first-order chi connectivity index (χ1) is 16.2. The maximum absolute atomic E-state index is 13.3. The lowest BCUT2D eigenvalue weighted by molar-refractivity contribution is -0.151. The number of hydrogen-bond donors (Lipinski definition) is 1. The second-order valence-electron chi connectivity index (χ2n) is 7.91. The fourth-order valence-electron chi connectivity index (χ4n) is 3.50. The topological polar surface area (TPSA) is 100 Å². The quantitative estimate of drug-likeness (QED) is 0.292. The van der Waals surface area contributed by atoms with Gasteiger partial charge in [0.05, 0.1) is 31.0 Å². The fraction of sp³-hybridized carbons (Fsp3) is 0.391. The van der Waals surface area contributed by atoms with Crippen molar-refractivity contribution < 1.29 is 31.5 Å². The molecule has 11 heteroatoms. The molecule has 1 N–H and O–H groups in total. The number of esters is 1. The van der Waals surface area contributed by atoms with Crippen LogP contribution in [-0.2, 0) is 37.4 Å². The number of rotatable bonds is 11. The van der Waals surface area contributed by atoms with Crippen LogP contribution in [0.3, 0.4) is 0 Å². The minimum absolute atomic E-state index is 0.0884. The molecule has 0 radical (unpaired) electrons. The van der Waals surface area contributed by atoms with Gasteiger partial charge in [0.25, 0.3) is 0 Å². The molecule has 1 fully saturated rings. The first-order valence-electron chi connectivity index (χ1n) is 10.6. The Labute approximate surface area is 197 Å². The van der Waals surface area contributed by atoms with Crippen molar-refractivity contribution in [3.8, 4) is 0 Å². The predicted molar refractivity (Wildman–Crippen MR) is 123 cm³/mol. The number of sulfonamides is 1. The molecule has 0 atom stereocenters. The van der Waals surface area contributed by atoms with E-state index < -0.39 is 22.3 Å². The molecule has 1 heterocycles. The van der Waals surface area contributed by atoms with Crippen LogP contribution in [0.15, 0.2) is 54.6 Å². The Balaban J connectivity index is 1.66. The molecule has 2 aromatic rings. The molecule has 0 saturated carbocycles. The van der Waals surface area contributed by atoms with E-state index in [-0.39, 0.29) is 30.8 Å². The number of carbonyl (C=O) groups excluding carboxylic acids is 1. The monoisotopic (exact) mass is 495 g/mol. The summed E-state index contributed by atoms with van der Waals surface area (Å²) in [7, 11) is -2.36. The molecular weight excluding hydrogens is 468 g/mol. The molecule has 8 nitrogen and oxygen atoms in total. The molecule has 184 valence electrons. The predicted octanol–water partition coefficient (Wildman–Crippen LogP) is 2.89. The van der Waals surface area contributed by atoms with Crippen LogP contribution in [0.25, 0.3) is 0 Å². The molecule has 0 bridgehead atoms. The summed E-state index contributed by atoms with van der Waals surface area (Å²) < 4.78 is 62.1. The van der Waals surface area contributed by atoms with Gasteiger partial charge in [-0.25, -0.2) is 8.42 Å². The number of ether oxygens (including phenoxy) is 2. The van der Waals surface area contributed by atoms with Gasteiger partial charge in [0.15, 0.2) is 0 Å². The summed E-state index contributed by atoms with van der Waals surface area (Å²) in [5.74, 6) is -1.71. The summed E-state index contributed by atoms with van der Waals surface area (Å²) in [5, 5.41) is 7.05. The number of hydrogen-bond acceptors (Lipinski definition) is 7. The molecule has 0 spiro atoms. The van der Waals surface area contributed by atoms with Gasteiger partial charge in [0.2, 0.25) is 15.9 Å². The van der Waals surface area contributed by atoms with E-state index in [1.54, 1.807) is 54.6 Å². The lowest BCUT2D eigenvalue weighted by atomic mass is 10.0. The fourth-order valence-corrected chi connectivity index (χ4v) is 5.00. The number of halogens is 2. The van der Waals surface area contributed by atoms with Gasteiger partial charge in [-0.15, -0.1) is 0 Å². The minimum Gasteiger partial charge on any atom is -0.472 e. The number of methoxy groups -OCH3 is 1. The summed E-state index contributed by atoms with van der Waals surface area (Å²) in [6.07, 6.45) is -2.97. The smallest absolute Gasteiger partial charge is 0.312 e. The number of nitrogens with one attached hydrogen (secondary N) is 1. The van der Waals surface area contributed by atoms with E-state index in [0.29, 0.717) is 36.4 Å². The van der Waals surface area contributed by atoms with Crippen LogP contribution < -0.4 is 4.31 Å². The number of para-hydroxylation sites is 1. The lowest BCUT2D eigenvalue weighted by Gasteiger charge is -2.37. The highest BCUT2D eigenvalue weighted by molar-refractivity contribution is 7.92. The third-order valence-corrected chi connectivity index (χ3v) is 7.19. The van der Waals surface area contributed by atoms with Crippen LogP contribution in [0.5, 0.6) is 0 Å². The molecule has 1 aliphatic rings. The normalized spacial score (nSPS) is 14.5. The molecular formula is C23H27F2N3O5S. The van der Waals surface area contributed by atoms with Crippen molar-refractivity contribution in [2.24, 2.45) is 5.92 Å². The molecule has 1 saturated heterocycles. The number of benzene rings is 2. The largest absolute Gasteiger partial charge is 0.472 e. The van der Waals surface area contributed by atoms with E-state index in [1.807, 2.05) is 4.90 Å². The van der Waals surface area contributed by atoms with Crippen LogP contribution in [0, 0.1) is 11.3 Å². The van der Waals surface area contributed by atoms with E-state index in [9.17, 15) is 22.0 Å². The van der Waals surface area contributed by atoms with Crippen LogP contribution in [0.2, 0.25) is 0 Å². The molecule has 0 aromatic heterocycles. The third kappa shape index (κ3) is 6.73. The maximum atomic E-state index is 13.3. The van der Waals surface area contributed by atoms with Gasteiger partial charge >= 0.3 is 12.4 Å². The van der Waals surface area contributed by atoms with Crippen molar-refractivity contribution in [1.82, 2.24) is 4.90 Å². The minimum atomic E-state index is -3.69. The van der Waals surface area contributed by atoms with E-state index in [2.05, 4.69) is 0 Å². The Morgan fingerprint density at radius 3 is 2.32 bits per heavy atom. The highest BCUT2D eigenvalue weighted by Gasteiger charge is 2.34. The zero-order chi connectivity index (χ0) is 24.7. The molecule has 3 rings (SSSR count). The van der Waals surface area contributed by atoms with Crippen LogP contribution in [-0.4, -0.2) is 64.1 Å². The van der Waals surface area contributed by atoms with Gasteiger partial charge in [-0.3, -0.25) is 14.5 Å². The SMILES string of the molecule is COC(=O)C1CN(CCS(=O)(=O)N(Cc2ccc(COC(=N)C(F)F)cc2)c2ccccc2)C1. The highest BCUT2D eigenvalue weighted by Crippen LogP contribution is 2.23. The van der Waals surface area contributed by atoms with E-state index in [0.717, 1.165) is 0 Å². The van der Waals surface area contributed by atoms with Crippen molar-refractivity contribution in [2.45, 2.75) is 19.6 Å². The van der Waals surface area contributed by atoms with Gasteiger partial charge < -0.3 is 14.4 Å². The maximum Gasteiger partial charge on any atom is 0.312 e. The number of alkyl halides is 2. The summed E-state index contributed by atoms with van der Waals surface area (Å²) in [5.41, 5.74) is 1.81. The van der Waals surface area contributed by atoms with Gasteiger partial charge in [0.1, 0.15) is 6.61 Å². The number of nitrogens with zero attached hydrogens (tertiary/aromatic N) is 2. The second kappa shape index (κ2) is 11.4. The number of likely N-dealkylation sites (tertiary alicyclic amines) is 1. The molecule has 0 amide bonds. The van der Waals surface area contributed by atoms with Crippen molar-refractivity contribution >= 4 is 27.6 Å². The van der Waals surface area contributed by atoms with Gasteiger partial charge in [-0.1, -0.05) is 42.5 Å². The van der Waals surface area contributed by atoms with Crippen LogP contribution >= 0.6 is 0 Å². The van der Waals surface area contributed by atoms with Gasteiger partial charge in [-0.05, 0) is 23.3 Å². The van der Waals surface area contributed by atoms with E-state index >= 15 is 0 Å². The third-order valence-electron chi connectivity index (χ3n) is 5.48. The molecule has 2 aromatic carbocycles. The van der Waals surface area contributed by atoms with E-state index in [1.165, 1.54) is 11.4 Å². The molecule has 0 unspecified atom stereocenters. The Bertz CT molecular complexity index is 1080. The molecule has 0 aliphatic carbocycles. The summed E-state index contributed by atoms with van der Waals surface area (Å²) >= 11 is 0. The Morgan fingerprint density at radius 2 is 1.74 bits per heavy atom. The first kappa shape index (κ1) is 25.6.